The Bertz CT molecular complexity index is 1080. The van der Waals surface area contributed by atoms with Gasteiger partial charge >= 0.3 is 0 Å². The number of fused-ring (bicyclic) bond motifs is 1. The highest BCUT2D eigenvalue weighted by Crippen LogP contribution is 2.25. The molecule has 0 saturated carbocycles. The van der Waals surface area contributed by atoms with Crippen LogP contribution >= 0.6 is 0 Å². The number of anilines is 1. The molecule has 7 nitrogen and oxygen atoms in total. The van der Waals surface area contributed by atoms with Gasteiger partial charge in [0, 0.05) is 44.4 Å². The highest BCUT2D eigenvalue weighted by atomic mass is 16.3. The first-order valence-corrected chi connectivity index (χ1v) is 12.9. The molecule has 2 aromatic rings. The first-order chi connectivity index (χ1) is 17.2. The number of hydrogen-bond donors (Lipinski definition) is 1. The standard InChI is InChI=1S/C18H26N2O.C11H16N2O2/c1-5-11-17(21)18(15(4)6-2)19-20(7-3)14-16-12-9-8-10-13-16;1-12-8-4-3-5-10(14)13(2)9(8)6-7-11(12)15/h7-10,12-13,15H,3,5-6,11,14H2,1-2,4H3;6-7,10,14H,3-5H2,1-2H3/b19-18+;. The average molecular weight is 495 g/mol. The molecule has 0 bridgehead atoms. The number of rotatable bonds is 9. The smallest absolute Gasteiger partial charge is 0.250 e. The van der Waals surface area contributed by atoms with E-state index in [0.717, 1.165) is 49.0 Å². The van der Waals surface area contributed by atoms with E-state index in [1.54, 1.807) is 35.0 Å². The quantitative estimate of drug-likeness (QED) is 0.397. The topological polar surface area (TPSA) is 78.1 Å². The number of carbonyl (C=O) groups is 1. The predicted octanol–water partition coefficient (Wildman–Crippen LogP) is 4.88. The van der Waals surface area contributed by atoms with Crippen molar-refractivity contribution in [1.82, 2.24) is 9.58 Å². The molecule has 0 saturated heterocycles. The van der Waals surface area contributed by atoms with Crippen molar-refractivity contribution >= 4 is 17.2 Å². The Morgan fingerprint density at radius 2 is 1.92 bits per heavy atom. The number of benzene rings is 1. The van der Waals surface area contributed by atoms with Gasteiger partial charge in [-0.25, -0.2) is 0 Å². The number of aliphatic hydroxyl groups is 1. The van der Waals surface area contributed by atoms with Crippen molar-refractivity contribution in [3.8, 4) is 0 Å². The van der Waals surface area contributed by atoms with Gasteiger partial charge in [0.25, 0.3) is 5.56 Å². The van der Waals surface area contributed by atoms with Crippen LogP contribution in [0.1, 0.15) is 64.1 Å². The Morgan fingerprint density at radius 1 is 1.22 bits per heavy atom. The summed E-state index contributed by atoms with van der Waals surface area (Å²) in [6, 6.07) is 13.4. The summed E-state index contributed by atoms with van der Waals surface area (Å²) >= 11 is 0. The number of hydrazone groups is 1. The summed E-state index contributed by atoms with van der Waals surface area (Å²) in [6.07, 6.45) is 6.06. The molecule has 2 heterocycles. The number of hydrogen-bond acceptors (Lipinski definition) is 6. The molecule has 3 rings (SSSR count). The van der Waals surface area contributed by atoms with E-state index in [4.69, 9.17) is 0 Å². The van der Waals surface area contributed by atoms with Crippen LogP contribution < -0.4 is 10.5 Å². The lowest BCUT2D eigenvalue weighted by Gasteiger charge is -2.25. The van der Waals surface area contributed by atoms with Crippen molar-refractivity contribution in [3.63, 3.8) is 0 Å². The molecule has 1 aromatic carbocycles. The third-order valence-corrected chi connectivity index (χ3v) is 6.59. The molecule has 2 unspecified atom stereocenters. The van der Waals surface area contributed by atoms with E-state index in [1.165, 1.54) is 0 Å². The largest absolute Gasteiger partial charge is 0.374 e. The first-order valence-electron chi connectivity index (χ1n) is 12.9. The monoisotopic (exact) mass is 494 g/mol. The second-order valence-corrected chi connectivity index (χ2v) is 9.28. The van der Waals surface area contributed by atoms with Crippen LogP contribution in [0.4, 0.5) is 5.69 Å². The van der Waals surface area contributed by atoms with Crippen LogP contribution in [0.2, 0.25) is 0 Å². The zero-order valence-electron chi connectivity index (χ0n) is 22.5. The second kappa shape index (κ2) is 14.4. The van der Waals surface area contributed by atoms with Crippen molar-refractivity contribution in [3.05, 3.63) is 76.9 Å². The third kappa shape index (κ3) is 7.92. The Hall–Kier alpha value is -3.19. The molecule has 7 heteroatoms. The van der Waals surface area contributed by atoms with Gasteiger partial charge in [0.05, 0.1) is 12.2 Å². The number of aromatic nitrogens is 1. The fourth-order valence-corrected chi connectivity index (χ4v) is 4.11. The molecule has 196 valence electrons. The van der Waals surface area contributed by atoms with Gasteiger partial charge in [-0.15, -0.1) is 0 Å². The maximum absolute atomic E-state index is 12.3. The van der Waals surface area contributed by atoms with Gasteiger partial charge in [-0.05, 0) is 43.7 Å². The number of aliphatic hydroxyl groups excluding tert-OH is 1. The summed E-state index contributed by atoms with van der Waals surface area (Å²) in [4.78, 5) is 25.6. The summed E-state index contributed by atoms with van der Waals surface area (Å²) in [6.45, 7) is 10.6. The molecule has 36 heavy (non-hydrogen) atoms. The zero-order valence-corrected chi connectivity index (χ0v) is 22.5. The highest BCUT2D eigenvalue weighted by Gasteiger charge is 2.21. The van der Waals surface area contributed by atoms with Crippen LogP contribution in [-0.2, 0) is 24.8 Å². The van der Waals surface area contributed by atoms with E-state index >= 15 is 0 Å². The number of carbonyl (C=O) groups excluding carboxylic acids is 1. The molecule has 0 radical (unpaired) electrons. The van der Waals surface area contributed by atoms with E-state index in [0.29, 0.717) is 18.7 Å². The molecular formula is C29H42N4O3. The molecule has 0 amide bonds. The molecular weight excluding hydrogens is 452 g/mol. The molecule has 1 aliphatic rings. The van der Waals surface area contributed by atoms with Crippen LogP contribution in [0.15, 0.2) is 65.1 Å². The summed E-state index contributed by atoms with van der Waals surface area (Å²) < 4.78 is 1.67. The van der Waals surface area contributed by atoms with Gasteiger partial charge in [0.15, 0.2) is 5.78 Å². The molecule has 0 fully saturated rings. The lowest BCUT2D eigenvalue weighted by Crippen LogP contribution is -2.32. The van der Waals surface area contributed by atoms with Gasteiger partial charge in [-0.1, -0.05) is 57.7 Å². The molecule has 1 aliphatic heterocycles. The normalized spacial score (nSPS) is 16.2. The Balaban J connectivity index is 0.000000267. The molecule has 0 aliphatic carbocycles. The van der Waals surface area contributed by atoms with Crippen LogP contribution in [0.3, 0.4) is 0 Å². The minimum atomic E-state index is -0.441. The van der Waals surface area contributed by atoms with Crippen molar-refractivity contribution in [1.29, 1.82) is 0 Å². The number of pyridine rings is 1. The fraction of sp³-hybridized carbons (Fsp3) is 0.483. The van der Waals surface area contributed by atoms with E-state index in [-0.39, 0.29) is 17.3 Å². The van der Waals surface area contributed by atoms with Crippen molar-refractivity contribution in [2.45, 2.75) is 72.1 Å². The summed E-state index contributed by atoms with van der Waals surface area (Å²) in [7, 11) is 3.64. The Morgan fingerprint density at radius 3 is 2.53 bits per heavy atom. The van der Waals surface area contributed by atoms with Crippen molar-refractivity contribution in [2.24, 2.45) is 18.1 Å². The second-order valence-electron chi connectivity index (χ2n) is 9.28. The van der Waals surface area contributed by atoms with E-state index < -0.39 is 6.23 Å². The van der Waals surface area contributed by atoms with Gasteiger partial charge in [-0.2, -0.15) is 5.10 Å². The van der Waals surface area contributed by atoms with Gasteiger partial charge in [0.1, 0.15) is 11.9 Å². The SMILES string of the molecule is C=CN(Cc1ccccc1)/N=C(/C(=O)CCC)C(C)CC.CN1c2ccc(=O)n(C)c2CCCC1O. The summed E-state index contributed by atoms with van der Waals surface area (Å²) in [5.74, 6) is 0.314. The maximum atomic E-state index is 12.3. The van der Waals surface area contributed by atoms with Gasteiger partial charge in [-0.3, -0.25) is 14.6 Å². The van der Waals surface area contributed by atoms with Crippen LogP contribution in [0, 0.1) is 5.92 Å². The number of Topliss-reactive ketones (excluding diaryl/α,β-unsaturated/α-hetero) is 1. The number of ketones is 1. The Labute approximate surface area is 215 Å². The third-order valence-electron chi connectivity index (χ3n) is 6.59. The van der Waals surface area contributed by atoms with E-state index in [1.807, 2.05) is 49.2 Å². The summed E-state index contributed by atoms with van der Waals surface area (Å²) in [5, 5.41) is 16.1. The van der Waals surface area contributed by atoms with Crippen LogP contribution in [-0.4, -0.2) is 39.5 Å². The lowest BCUT2D eigenvalue weighted by molar-refractivity contribution is -0.113. The molecule has 0 spiro atoms. The van der Waals surface area contributed by atoms with E-state index in [9.17, 15) is 14.7 Å². The van der Waals surface area contributed by atoms with Gasteiger partial charge in [0.2, 0.25) is 0 Å². The number of nitrogens with zero attached hydrogens (tertiary/aromatic N) is 4. The molecule has 2 atom stereocenters. The lowest BCUT2D eigenvalue weighted by atomic mass is 9.97. The minimum absolute atomic E-state index is 0.0125. The average Bonchev–Trinajstić information content (AvgIpc) is 3.03. The van der Waals surface area contributed by atoms with Crippen LogP contribution in [0.25, 0.3) is 0 Å². The highest BCUT2D eigenvalue weighted by molar-refractivity contribution is 6.40. The van der Waals surface area contributed by atoms with Crippen molar-refractivity contribution in [2.75, 3.05) is 11.9 Å². The molecule has 1 aromatic heterocycles. The zero-order chi connectivity index (χ0) is 26.7. The Kier molecular flexibility index (Phi) is 11.6. The van der Waals surface area contributed by atoms with E-state index in [2.05, 4.69) is 25.5 Å². The first kappa shape index (κ1) is 29.0. The maximum Gasteiger partial charge on any atom is 0.250 e. The van der Waals surface area contributed by atoms with Gasteiger partial charge < -0.3 is 14.6 Å². The fourth-order valence-electron chi connectivity index (χ4n) is 4.11. The molecule has 1 N–H and O–H groups in total. The minimum Gasteiger partial charge on any atom is -0.374 e. The predicted molar refractivity (Wildman–Crippen MR) is 148 cm³/mol. The summed E-state index contributed by atoms with van der Waals surface area (Å²) in [5.41, 5.74) is 3.80. The van der Waals surface area contributed by atoms with Crippen LogP contribution in [0.5, 0.6) is 0 Å². The van der Waals surface area contributed by atoms with Crippen molar-refractivity contribution < 1.29 is 9.90 Å².